The number of para-hydroxylation sites is 1. The first-order valence-electron chi connectivity index (χ1n) is 11.8. The van der Waals surface area contributed by atoms with Crippen LogP contribution in [-0.4, -0.2) is 50.5 Å². The molecule has 7 nitrogen and oxygen atoms in total. The Bertz CT molecular complexity index is 1080. The zero-order chi connectivity index (χ0) is 25.3. The molecule has 1 N–H and O–H groups in total. The number of carbonyl (C=O) groups is 2. The Hall–Kier alpha value is -2.87. The molecule has 186 valence electrons. The van der Waals surface area contributed by atoms with Crippen LogP contribution in [0.15, 0.2) is 48.5 Å². The minimum atomic E-state index is -3.74. The van der Waals surface area contributed by atoms with Crippen molar-refractivity contribution in [3.05, 3.63) is 65.2 Å². The van der Waals surface area contributed by atoms with Crippen molar-refractivity contribution in [2.75, 3.05) is 23.7 Å². The van der Waals surface area contributed by atoms with E-state index in [0.717, 1.165) is 40.1 Å². The molecule has 2 aromatic carbocycles. The predicted octanol–water partition coefficient (Wildman–Crippen LogP) is 3.66. The standard InChI is InChI=1S/C26H37N3O4S/c1-6-8-16-27-26(31)21(4)28(18-22-13-11-12-20(3)17-22)25(30)19-29(34(5,32)33)24-15-10-9-14-23(24)7-2/h9-15,17,21H,6-8,16,18-19H2,1-5H3,(H,27,31)/t21-/m0/s1. The van der Waals surface area contributed by atoms with E-state index in [1.165, 1.54) is 4.90 Å². The van der Waals surface area contributed by atoms with E-state index >= 15 is 0 Å². The van der Waals surface area contributed by atoms with Gasteiger partial charge < -0.3 is 10.2 Å². The van der Waals surface area contributed by atoms with Crippen LogP contribution in [0.4, 0.5) is 5.69 Å². The van der Waals surface area contributed by atoms with Crippen molar-refractivity contribution >= 4 is 27.5 Å². The highest BCUT2D eigenvalue weighted by molar-refractivity contribution is 7.92. The Labute approximate surface area is 204 Å². The second kappa shape index (κ2) is 12.6. The lowest BCUT2D eigenvalue weighted by Crippen LogP contribution is -2.51. The van der Waals surface area contributed by atoms with E-state index in [1.54, 1.807) is 19.1 Å². The van der Waals surface area contributed by atoms with Crippen LogP contribution < -0.4 is 9.62 Å². The molecule has 0 saturated carbocycles. The van der Waals surface area contributed by atoms with Gasteiger partial charge in [0.1, 0.15) is 12.6 Å². The number of hydrogen-bond donors (Lipinski definition) is 1. The lowest BCUT2D eigenvalue weighted by atomic mass is 10.1. The molecule has 0 aliphatic rings. The summed E-state index contributed by atoms with van der Waals surface area (Å²) in [4.78, 5) is 27.9. The first-order valence-corrected chi connectivity index (χ1v) is 13.6. The number of nitrogens with one attached hydrogen (secondary N) is 1. The molecule has 2 aromatic rings. The summed E-state index contributed by atoms with van der Waals surface area (Å²) in [5.41, 5.74) is 3.23. The second-order valence-electron chi connectivity index (χ2n) is 8.58. The van der Waals surface area contributed by atoms with Crippen molar-refractivity contribution in [3.8, 4) is 0 Å². The number of benzene rings is 2. The van der Waals surface area contributed by atoms with Gasteiger partial charge in [-0.05, 0) is 43.9 Å². The van der Waals surface area contributed by atoms with E-state index in [4.69, 9.17) is 0 Å². The molecule has 8 heteroatoms. The summed E-state index contributed by atoms with van der Waals surface area (Å²) in [7, 11) is -3.74. The number of sulfonamides is 1. The fourth-order valence-corrected chi connectivity index (χ4v) is 4.65. The fourth-order valence-electron chi connectivity index (χ4n) is 3.77. The third kappa shape index (κ3) is 7.58. The van der Waals surface area contributed by atoms with E-state index < -0.39 is 22.0 Å². The van der Waals surface area contributed by atoms with Crippen LogP contribution in [0.1, 0.15) is 50.3 Å². The molecule has 0 saturated heterocycles. The summed E-state index contributed by atoms with van der Waals surface area (Å²) in [6, 6.07) is 14.1. The van der Waals surface area contributed by atoms with E-state index in [1.807, 2.05) is 57.2 Å². The van der Waals surface area contributed by atoms with Gasteiger partial charge in [0.15, 0.2) is 0 Å². The molecular formula is C26H37N3O4S. The van der Waals surface area contributed by atoms with Gasteiger partial charge in [0, 0.05) is 13.1 Å². The van der Waals surface area contributed by atoms with Gasteiger partial charge in [-0.3, -0.25) is 13.9 Å². The highest BCUT2D eigenvalue weighted by atomic mass is 32.2. The van der Waals surface area contributed by atoms with E-state index in [9.17, 15) is 18.0 Å². The van der Waals surface area contributed by atoms with E-state index in [0.29, 0.717) is 18.7 Å². The molecule has 0 heterocycles. The van der Waals surface area contributed by atoms with Gasteiger partial charge in [-0.2, -0.15) is 0 Å². The minimum absolute atomic E-state index is 0.204. The van der Waals surface area contributed by atoms with Gasteiger partial charge >= 0.3 is 0 Å². The number of anilines is 1. The van der Waals surface area contributed by atoms with Crippen molar-refractivity contribution in [1.82, 2.24) is 10.2 Å². The molecular weight excluding hydrogens is 450 g/mol. The smallest absolute Gasteiger partial charge is 0.244 e. The van der Waals surface area contributed by atoms with Crippen LogP contribution in [0.25, 0.3) is 0 Å². The summed E-state index contributed by atoms with van der Waals surface area (Å²) in [5, 5.41) is 2.88. The molecule has 1 atom stereocenters. The van der Waals surface area contributed by atoms with Crippen LogP contribution >= 0.6 is 0 Å². The largest absolute Gasteiger partial charge is 0.354 e. The number of carbonyl (C=O) groups excluding carboxylic acids is 2. The van der Waals surface area contributed by atoms with Crippen molar-refractivity contribution in [1.29, 1.82) is 0 Å². The Morgan fingerprint density at radius 3 is 2.38 bits per heavy atom. The molecule has 0 bridgehead atoms. The first kappa shape index (κ1) is 27.4. The highest BCUT2D eigenvalue weighted by Crippen LogP contribution is 2.24. The lowest BCUT2D eigenvalue weighted by molar-refractivity contribution is -0.139. The molecule has 34 heavy (non-hydrogen) atoms. The van der Waals surface area contributed by atoms with Crippen molar-refractivity contribution < 1.29 is 18.0 Å². The zero-order valence-electron chi connectivity index (χ0n) is 20.9. The average Bonchev–Trinajstić information content (AvgIpc) is 2.79. The molecule has 0 unspecified atom stereocenters. The maximum absolute atomic E-state index is 13.6. The summed E-state index contributed by atoms with van der Waals surface area (Å²) >= 11 is 0. The molecule has 2 amide bonds. The van der Waals surface area contributed by atoms with Gasteiger partial charge in [-0.1, -0.05) is 68.3 Å². The maximum atomic E-state index is 13.6. The fraction of sp³-hybridized carbons (Fsp3) is 0.462. The summed E-state index contributed by atoms with van der Waals surface area (Å²) in [5.74, 6) is -0.690. The van der Waals surface area contributed by atoms with Crippen LogP contribution in [0.3, 0.4) is 0 Å². The summed E-state index contributed by atoms with van der Waals surface area (Å²) in [6.45, 7) is 7.98. The SMILES string of the molecule is CCCCNC(=O)[C@H](C)N(Cc1cccc(C)c1)C(=O)CN(c1ccccc1CC)S(C)(=O)=O. The summed E-state index contributed by atoms with van der Waals surface area (Å²) in [6.07, 6.45) is 3.51. The topological polar surface area (TPSA) is 86.8 Å². The van der Waals surface area contributed by atoms with E-state index in [-0.39, 0.29) is 19.0 Å². The van der Waals surface area contributed by atoms with Crippen molar-refractivity contribution in [2.24, 2.45) is 0 Å². The van der Waals surface area contributed by atoms with Gasteiger partial charge in [0.05, 0.1) is 11.9 Å². The monoisotopic (exact) mass is 487 g/mol. The number of rotatable bonds is 12. The zero-order valence-corrected chi connectivity index (χ0v) is 21.7. The minimum Gasteiger partial charge on any atom is -0.354 e. The Balaban J connectivity index is 2.38. The third-order valence-corrected chi connectivity index (χ3v) is 6.88. The second-order valence-corrected chi connectivity index (χ2v) is 10.5. The Morgan fingerprint density at radius 2 is 1.76 bits per heavy atom. The van der Waals surface area contributed by atoms with Gasteiger partial charge in [0.2, 0.25) is 21.8 Å². The number of nitrogens with zero attached hydrogens (tertiary/aromatic N) is 2. The average molecular weight is 488 g/mol. The molecule has 2 rings (SSSR count). The van der Waals surface area contributed by atoms with Crippen molar-refractivity contribution in [3.63, 3.8) is 0 Å². The predicted molar refractivity (Wildman–Crippen MR) is 137 cm³/mol. The number of amides is 2. The Morgan fingerprint density at radius 1 is 1.06 bits per heavy atom. The number of aryl methyl sites for hydroxylation is 2. The molecule has 0 aliphatic heterocycles. The van der Waals surface area contributed by atoms with E-state index in [2.05, 4.69) is 5.32 Å². The summed E-state index contributed by atoms with van der Waals surface area (Å²) < 4.78 is 26.6. The highest BCUT2D eigenvalue weighted by Gasteiger charge is 2.30. The van der Waals surface area contributed by atoms with Crippen LogP contribution in [-0.2, 0) is 32.6 Å². The van der Waals surface area contributed by atoms with Crippen LogP contribution in [0, 0.1) is 6.92 Å². The quantitative estimate of drug-likeness (QED) is 0.463. The Kier molecular flexibility index (Phi) is 10.1. The lowest BCUT2D eigenvalue weighted by Gasteiger charge is -2.32. The molecule has 0 radical (unpaired) electrons. The van der Waals surface area contributed by atoms with Gasteiger partial charge in [-0.25, -0.2) is 8.42 Å². The van der Waals surface area contributed by atoms with Crippen LogP contribution in [0.5, 0.6) is 0 Å². The van der Waals surface area contributed by atoms with Gasteiger partial charge in [0.25, 0.3) is 0 Å². The molecule has 0 aromatic heterocycles. The molecule has 0 spiro atoms. The van der Waals surface area contributed by atoms with Gasteiger partial charge in [-0.15, -0.1) is 0 Å². The van der Waals surface area contributed by atoms with Crippen molar-refractivity contribution in [2.45, 2.75) is 59.5 Å². The molecule has 0 aliphatic carbocycles. The maximum Gasteiger partial charge on any atom is 0.244 e. The molecule has 0 fully saturated rings. The third-order valence-electron chi connectivity index (χ3n) is 5.75. The normalized spacial score (nSPS) is 12.1. The number of hydrogen-bond acceptors (Lipinski definition) is 4. The van der Waals surface area contributed by atoms with Crippen LogP contribution in [0.2, 0.25) is 0 Å². The number of unbranched alkanes of at least 4 members (excludes halogenated alkanes) is 1. The first-order chi connectivity index (χ1) is 16.1.